The molecule has 0 aliphatic carbocycles. The van der Waals surface area contributed by atoms with Crippen molar-refractivity contribution in [3.8, 4) is 5.75 Å². The van der Waals surface area contributed by atoms with Crippen molar-refractivity contribution in [3.63, 3.8) is 0 Å². The Morgan fingerprint density at radius 3 is 2.90 bits per heavy atom. The number of aromatic nitrogens is 1. The summed E-state index contributed by atoms with van der Waals surface area (Å²) in [5, 5.41) is 3.17. The molecule has 106 valence electrons. The first kappa shape index (κ1) is 14.8. The number of pyridine rings is 1. The monoisotopic (exact) mass is 338 g/mol. The van der Waals surface area contributed by atoms with Crippen LogP contribution >= 0.6 is 15.9 Å². The maximum Gasteiger partial charge on any atom is 0.169 e. The summed E-state index contributed by atoms with van der Waals surface area (Å²) in [7, 11) is 0. The molecule has 1 heterocycles. The summed E-state index contributed by atoms with van der Waals surface area (Å²) in [4.78, 5) is 4.25. The fourth-order valence-electron chi connectivity index (χ4n) is 1.73. The number of nitrogens with one attached hydrogen (secondary N) is 1. The SMILES string of the molecule is CC(C)Oc1cccnc1NCc1cc(F)ccc1Br. The predicted octanol–water partition coefficient (Wildman–Crippen LogP) is 4.38. The molecule has 0 saturated carbocycles. The molecule has 2 rings (SSSR count). The molecule has 0 aliphatic rings. The molecule has 0 fully saturated rings. The van der Waals surface area contributed by atoms with Crippen molar-refractivity contribution in [1.29, 1.82) is 0 Å². The highest BCUT2D eigenvalue weighted by atomic mass is 79.9. The van der Waals surface area contributed by atoms with Gasteiger partial charge in [0.05, 0.1) is 6.10 Å². The van der Waals surface area contributed by atoms with E-state index in [9.17, 15) is 4.39 Å². The van der Waals surface area contributed by atoms with Gasteiger partial charge in [0.2, 0.25) is 0 Å². The number of hydrogen-bond donors (Lipinski definition) is 1. The molecule has 0 spiro atoms. The summed E-state index contributed by atoms with van der Waals surface area (Å²) in [5.74, 6) is 1.08. The molecule has 1 N–H and O–H groups in total. The zero-order valence-electron chi connectivity index (χ0n) is 11.4. The van der Waals surface area contributed by atoms with Crippen molar-refractivity contribution in [3.05, 3.63) is 52.4 Å². The molecule has 20 heavy (non-hydrogen) atoms. The van der Waals surface area contributed by atoms with E-state index in [0.29, 0.717) is 18.1 Å². The topological polar surface area (TPSA) is 34.1 Å². The van der Waals surface area contributed by atoms with Gasteiger partial charge >= 0.3 is 0 Å². The van der Waals surface area contributed by atoms with Gasteiger partial charge in [-0.1, -0.05) is 15.9 Å². The smallest absolute Gasteiger partial charge is 0.169 e. The minimum atomic E-state index is -0.260. The van der Waals surface area contributed by atoms with Crippen molar-refractivity contribution in [2.24, 2.45) is 0 Å². The van der Waals surface area contributed by atoms with Gasteiger partial charge in [-0.3, -0.25) is 0 Å². The summed E-state index contributed by atoms with van der Waals surface area (Å²) < 4.78 is 19.8. The van der Waals surface area contributed by atoms with Crippen LogP contribution in [0.25, 0.3) is 0 Å². The van der Waals surface area contributed by atoms with E-state index in [1.54, 1.807) is 12.3 Å². The van der Waals surface area contributed by atoms with Crippen LogP contribution in [0, 0.1) is 5.82 Å². The zero-order valence-corrected chi connectivity index (χ0v) is 12.9. The molecule has 0 unspecified atom stereocenters. The van der Waals surface area contributed by atoms with E-state index in [0.717, 1.165) is 10.0 Å². The average Bonchev–Trinajstić information content (AvgIpc) is 2.41. The first-order valence-electron chi connectivity index (χ1n) is 6.35. The summed E-state index contributed by atoms with van der Waals surface area (Å²) in [6.45, 7) is 4.38. The lowest BCUT2D eigenvalue weighted by Crippen LogP contribution is -2.10. The van der Waals surface area contributed by atoms with Gasteiger partial charge in [0.1, 0.15) is 5.82 Å². The van der Waals surface area contributed by atoms with E-state index in [2.05, 4.69) is 26.2 Å². The largest absolute Gasteiger partial charge is 0.487 e. The van der Waals surface area contributed by atoms with Gasteiger partial charge in [-0.25, -0.2) is 9.37 Å². The van der Waals surface area contributed by atoms with E-state index in [1.165, 1.54) is 12.1 Å². The van der Waals surface area contributed by atoms with Crippen LogP contribution in [0.2, 0.25) is 0 Å². The van der Waals surface area contributed by atoms with E-state index < -0.39 is 0 Å². The van der Waals surface area contributed by atoms with Crippen molar-refractivity contribution in [2.75, 3.05) is 5.32 Å². The average molecular weight is 339 g/mol. The first-order chi connectivity index (χ1) is 9.56. The van der Waals surface area contributed by atoms with E-state index in [4.69, 9.17) is 4.74 Å². The fraction of sp³-hybridized carbons (Fsp3) is 0.267. The Balaban J connectivity index is 2.12. The Morgan fingerprint density at radius 2 is 2.15 bits per heavy atom. The van der Waals surface area contributed by atoms with Gasteiger partial charge in [0.15, 0.2) is 11.6 Å². The summed E-state index contributed by atoms with van der Waals surface area (Å²) in [6.07, 6.45) is 1.76. The molecular weight excluding hydrogens is 323 g/mol. The minimum absolute atomic E-state index is 0.0701. The molecule has 0 atom stereocenters. The highest BCUT2D eigenvalue weighted by molar-refractivity contribution is 9.10. The molecule has 3 nitrogen and oxygen atoms in total. The van der Waals surface area contributed by atoms with Crippen molar-refractivity contribution >= 4 is 21.7 Å². The quantitative estimate of drug-likeness (QED) is 0.878. The van der Waals surface area contributed by atoms with Crippen molar-refractivity contribution < 1.29 is 9.13 Å². The van der Waals surface area contributed by atoms with E-state index in [1.807, 2.05) is 26.0 Å². The first-order valence-corrected chi connectivity index (χ1v) is 7.15. The molecule has 0 radical (unpaired) electrons. The van der Waals surface area contributed by atoms with Gasteiger partial charge < -0.3 is 10.1 Å². The summed E-state index contributed by atoms with van der Waals surface area (Å²) >= 11 is 3.40. The zero-order chi connectivity index (χ0) is 14.5. The van der Waals surface area contributed by atoms with Gasteiger partial charge in [0.25, 0.3) is 0 Å². The number of benzene rings is 1. The number of rotatable bonds is 5. The van der Waals surface area contributed by atoms with Crippen LogP contribution in [-0.2, 0) is 6.54 Å². The Kier molecular flexibility index (Phi) is 4.95. The number of ether oxygens (including phenoxy) is 1. The second-order valence-corrected chi connectivity index (χ2v) is 5.46. The lowest BCUT2D eigenvalue weighted by Gasteiger charge is -2.14. The standard InChI is InChI=1S/C15H16BrFN2O/c1-10(2)20-14-4-3-7-18-15(14)19-9-11-8-12(17)5-6-13(11)16/h3-8,10H,9H2,1-2H3,(H,18,19). The minimum Gasteiger partial charge on any atom is -0.487 e. The van der Waals surface area contributed by atoms with Gasteiger partial charge in [-0.05, 0) is 49.7 Å². The summed E-state index contributed by atoms with van der Waals surface area (Å²) in [6, 6.07) is 8.28. The van der Waals surface area contributed by atoms with Gasteiger partial charge in [-0.2, -0.15) is 0 Å². The molecule has 0 bridgehead atoms. The number of anilines is 1. The van der Waals surface area contributed by atoms with Crippen LogP contribution in [0.5, 0.6) is 5.75 Å². The maximum atomic E-state index is 13.2. The van der Waals surface area contributed by atoms with E-state index in [-0.39, 0.29) is 11.9 Å². The molecule has 5 heteroatoms. The molecule has 0 amide bonds. The Hall–Kier alpha value is -1.62. The molecule has 0 aliphatic heterocycles. The Morgan fingerprint density at radius 1 is 1.35 bits per heavy atom. The molecule has 0 saturated heterocycles. The number of hydrogen-bond acceptors (Lipinski definition) is 3. The summed E-state index contributed by atoms with van der Waals surface area (Å²) in [5.41, 5.74) is 0.825. The van der Waals surface area contributed by atoms with E-state index >= 15 is 0 Å². The van der Waals surface area contributed by atoms with Crippen LogP contribution in [0.4, 0.5) is 10.2 Å². The second-order valence-electron chi connectivity index (χ2n) is 4.61. The lowest BCUT2D eigenvalue weighted by atomic mass is 10.2. The van der Waals surface area contributed by atoms with Crippen molar-refractivity contribution in [1.82, 2.24) is 4.98 Å². The van der Waals surface area contributed by atoms with Crippen LogP contribution < -0.4 is 10.1 Å². The maximum absolute atomic E-state index is 13.2. The van der Waals surface area contributed by atoms with Crippen LogP contribution in [0.1, 0.15) is 19.4 Å². The molecule has 1 aromatic heterocycles. The predicted molar refractivity (Wildman–Crippen MR) is 81.4 cm³/mol. The second kappa shape index (κ2) is 6.70. The highest BCUT2D eigenvalue weighted by Crippen LogP contribution is 2.24. The molecule has 1 aromatic carbocycles. The Bertz CT molecular complexity index is 590. The highest BCUT2D eigenvalue weighted by Gasteiger charge is 2.07. The normalized spacial score (nSPS) is 10.7. The molecule has 2 aromatic rings. The van der Waals surface area contributed by atoms with Gasteiger partial charge in [0, 0.05) is 17.2 Å². The number of halogens is 2. The fourth-order valence-corrected chi connectivity index (χ4v) is 2.12. The third kappa shape index (κ3) is 3.93. The lowest BCUT2D eigenvalue weighted by molar-refractivity contribution is 0.243. The van der Waals surface area contributed by atoms with Crippen LogP contribution in [0.15, 0.2) is 41.0 Å². The van der Waals surface area contributed by atoms with Crippen LogP contribution in [0.3, 0.4) is 0 Å². The third-order valence-corrected chi connectivity index (χ3v) is 3.36. The van der Waals surface area contributed by atoms with Crippen molar-refractivity contribution in [2.45, 2.75) is 26.5 Å². The van der Waals surface area contributed by atoms with Crippen LogP contribution in [-0.4, -0.2) is 11.1 Å². The number of nitrogens with zero attached hydrogens (tertiary/aromatic N) is 1. The third-order valence-electron chi connectivity index (χ3n) is 2.59. The Labute approximate surface area is 126 Å². The molecular formula is C15H16BrFN2O. The van der Waals surface area contributed by atoms with Gasteiger partial charge in [-0.15, -0.1) is 0 Å².